The number of aryl methyl sites for hydroxylation is 1. The fourth-order valence-corrected chi connectivity index (χ4v) is 7.88. The Hall–Kier alpha value is -6.19. The molecule has 16 heteroatoms. The largest absolute Gasteiger partial charge is 0.492 e. The van der Waals surface area contributed by atoms with E-state index in [4.69, 9.17) is 23.7 Å². The van der Waals surface area contributed by atoms with Gasteiger partial charge in [0.1, 0.15) is 66.8 Å². The van der Waals surface area contributed by atoms with E-state index < -0.39 is 110 Å². The van der Waals surface area contributed by atoms with Crippen molar-refractivity contribution in [3.05, 3.63) is 77.6 Å². The number of ketones is 2. The van der Waals surface area contributed by atoms with Crippen molar-refractivity contribution < 1.29 is 75.9 Å². The molecule has 1 aliphatic carbocycles. The monoisotopic (exact) mass is 964 g/mol. The van der Waals surface area contributed by atoms with E-state index in [2.05, 4.69) is 29.6 Å². The highest BCUT2D eigenvalue weighted by molar-refractivity contribution is 6.01. The van der Waals surface area contributed by atoms with E-state index in [1.54, 1.807) is 30.3 Å². The van der Waals surface area contributed by atoms with Gasteiger partial charge in [-0.3, -0.25) is 28.8 Å². The Labute approximate surface area is 404 Å². The smallest absolute Gasteiger partial charge is 0.333 e. The van der Waals surface area contributed by atoms with Gasteiger partial charge in [-0.15, -0.1) is 0 Å². The number of halogens is 1. The van der Waals surface area contributed by atoms with Gasteiger partial charge in [0.05, 0.1) is 33.7 Å². The van der Waals surface area contributed by atoms with Gasteiger partial charge in [0.2, 0.25) is 0 Å². The van der Waals surface area contributed by atoms with Crippen molar-refractivity contribution in [3.63, 3.8) is 0 Å². The molecule has 378 valence electrons. The number of carbonyl (C=O) groups excluding carboxylic acids is 8. The normalized spacial score (nSPS) is 16.1. The molecule has 1 aliphatic rings. The lowest BCUT2D eigenvalue weighted by Crippen LogP contribution is -2.46. The molecule has 0 aliphatic heterocycles. The molecular weight excluding hydrogens is 896 g/mol. The van der Waals surface area contributed by atoms with Crippen LogP contribution >= 0.6 is 0 Å². The molecule has 3 rings (SSSR count). The van der Waals surface area contributed by atoms with Crippen LogP contribution in [-0.2, 0) is 73.2 Å². The summed E-state index contributed by atoms with van der Waals surface area (Å²) in [6.07, 6.45) is 8.37. The molecule has 2 aromatic carbocycles. The zero-order valence-corrected chi connectivity index (χ0v) is 41.2. The highest BCUT2D eigenvalue weighted by Crippen LogP contribution is 2.39. The van der Waals surface area contributed by atoms with E-state index in [0.29, 0.717) is 22.6 Å². The number of benzene rings is 2. The van der Waals surface area contributed by atoms with Gasteiger partial charge < -0.3 is 33.2 Å². The summed E-state index contributed by atoms with van der Waals surface area (Å²) in [6, 6.07) is 10.3. The zero-order valence-electron chi connectivity index (χ0n) is 41.2. The van der Waals surface area contributed by atoms with E-state index >= 15 is 4.39 Å². The van der Waals surface area contributed by atoms with Crippen LogP contribution in [-0.4, -0.2) is 94.6 Å². The second kappa shape index (κ2) is 28.3. The molecule has 2 atom stereocenters. The summed E-state index contributed by atoms with van der Waals surface area (Å²) in [5.74, 6) is -9.36. The van der Waals surface area contributed by atoms with Crippen molar-refractivity contribution in [1.29, 1.82) is 0 Å². The van der Waals surface area contributed by atoms with Crippen LogP contribution in [0.2, 0.25) is 0 Å². The number of esters is 6. The van der Waals surface area contributed by atoms with Crippen molar-refractivity contribution in [2.24, 2.45) is 23.2 Å². The maximum Gasteiger partial charge on any atom is 0.333 e. The van der Waals surface area contributed by atoms with Crippen LogP contribution in [0.5, 0.6) is 5.75 Å². The zero-order chi connectivity index (χ0) is 51.3. The maximum atomic E-state index is 16.2. The standard InChI is InChI=1S/C53H69FO15/c1-10-11-12-14-37-16-18-38(19-17-37)39-20-22-42(45(54)26-39)40-21-23-46(41(25-40)15-13-24-65-49(59)33(2)3)66-29-53(30-67-50(60)34(4)5,31-68-51(61)43(35(6)55)27-47(57)63-8)32-69-52(62)44(36(7)56)28-48(58)64-9/h20-23,25-26,37-38,43-44H,2,4,10-19,24,27-32H2,1,3,5-9H3. The van der Waals surface area contributed by atoms with Crippen LogP contribution in [0.4, 0.5) is 4.39 Å². The van der Waals surface area contributed by atoms with Gasteiger partial charge in [-0.1, -0.05) is 64.0 Å². The molecular formula is C53H69FO15. The third-order valence-electron chi connectivity index (χ3n) is 12.3. The Morgan fingerprint density at radius 3 is 1.74 bits per heavy atom. The molecule has 1 fully saturated rings. The number of rotatable bonds is 29. The van der Waals surface area contributed by atoms with E-state index in [1.165, 1.54) is 39.5 Å². The molecule has 2 aromatic rings. The summed E-state index contributed by atoms with van der Waals surface area (Å²) in [7, 11) is 2.16. The number of Topliss-reactive ketones (excluding diaryl/α,β-unsaturated/α-hetero) is 2. The number of unbranched alkanes of at least 4 members (excludes halogenated alkanes) is 2. The van der Waals surface area contributed by atoms with E-state index in [-0.39, 0.29) is 42.3 Å². The van der Waals surface area contributed by atoms with Gasteiger partial charge in [-0.25, -0.2) is 14.0 Å². The molecule has 1 saturated carbocycles. The molecule has 0 amide bonds. The highest BCUT2D eigenvalue weighted by atomic mass is 19.1. The minimum atomic E-state index is -1.81. The van der Waals surface area contributed by atoms with Gasteiger partial charge in [-0.2, -0.15) is 0 Å². The quantitative estimate of drug-likeness (QED) is 0.0247. The summed E-state index contributed by atoms with van der Waals surface area (Å²) in [5.41, 5.74) is 0.726. The predicted octanol–water partition coefficient (Wildman–Crippen LogP) is 8.51. The Bertz CT molecular complexity index is 2120. The first-order valence-corrected chi connectivity index (χ1v) is 23.4. The number of hydrogen-bond acceptors (Lipinski definition) is 15. The second-order valence-corrected chi connectivity index (χ2v) is 18.0. The third kappa shape index (κ3) is 18.3. The number of ether oxygens (including phenoxy) is 7. The lowest BCUT2D eigenvalue weighted by molar-refractivity contribution is -0.170. The molecule has 0 heterocycles. The minimum absolute atomic E-state index is 0.00224. The molecule has 0 saturated heterocycles. The van der Waals surface area contributed by atoms with E-state index in [1.807, 2.05) is 6.07 Å². The maximum absolute atomic E-state index is 16.2. The average molecular weight is 965 g/mol. The predicted molar refractivity (Wildman–Crippen MR) is 252 cm³/mol. The fourth-order valence-electron chi connectivity index (χ4n) is 7.88. The van der Waals surface area contributed by atoms with Gasteiger partial charge in [-0.05, 0) is 113 Å². The first-order chi connectivity index (χ1) is 32.7. The molecule has 2 unspecified atom stereocenters. The topological polar surface area (TPSA) is 201 Å². The van der Waals surface area contributed by atoms with Crippen molar-refractivity contribution in [2.75, 3.05) is 47.3 Å². The van der Waals surface area contributed by atoms with Gasteiger partial charge >= 0.3 is 35.8 Å². The SMILES string of the molecule is C=C(C)C(=O)OCCCc1cc(-c2ccc(C3CCC(CCCCC)CC3)cc2F)ccc1OCC(COC(=O)C(=C)C)(COC(=O)C(CC(=O)OC)C(C)=O)COC(=O)C(CC(=O)OC)C(C)=O. The van der Waals surface area contributed by atoms with Crippen LogP contribution < -0.4 is 4.74 Å². The Morgan fingerprint density at radius 1 is 0.681 bits per heavy atom. The van der Waals surface area contributed by atoms with Gasteiger partial charge in [0, 0.05) is 16.7 Å². The lowest BCUT2D eigenvalue weighted by Gasteiger charge is -2.33. The molecule has 0 spiro atoms. The minimum Gasteiger partial charge on any atom is -0.492 e. The fraction of sp³-hybridized carbons (Fsp3) is 0.547. The Kier molecular flexibility index (Phi) is 23.5. The van der Waals surface area contributed by atoms with Crippen molar-refractivity contribution in [2.45, 2.75) is 118 Å². The van der Waals surface area contributed by atoms with Gasteiger partial charge in [0.15, 0.2) is 0 Å². The molecule has 0 radical (unpaired) electrons. The number of hydrogen-bond donors (Lipinski definition) is 0. The lowest BCUT2D eigenvalue weighted by atomic mass is 9.77. The molecule has 0 bridgehead atoms. The average Bonchev–Trinajstić information content (AvgIpc) is 3.32. The Balaban J connectivity index is 2.07. The molecule has 15 nitrogen and oxygen atoms in total. The van der Waals surface area contributed by atoms with Crippen LogP contribution in [0.15, 0.2) is 60.7 Å². The number of carbonyl (C=O) groups is 8. The molecule has 69 heavy (non-hydrogen) atoms. The van der Waals surface area contributed by atoms with Crippen molar-refractivity contribution >= 4 is 47.4 Å². The Morgan fingerprint density at radius 2 is 1.23 bits per heavy atom. The third-order valence-corrected chi connectivity index (χ3v) is 12.3. The molecule has 0 aromatic heterocycles. The van der Waals surface area contributed by atoms with Crippen LogP contribution in [0, 0.1) is 29.0 Å². The first-order valence-electron chi connectivity index (χ1n) is 23.4. The van der Waals surface area contributed by atoms with Crippen LogP contribution in [0.3, 0.4) is 0 Å². The van der Waals surface area contributed by atoms with Crippen molar-refractivity contribution in [1.82, 2.24) is 0 Å². The van der Waals surface area contributed by atoms with E-state index in [9.17, 15) is 38.4 Å². The second-order valence-electron chi connectivity index (χ2n) is 18.0. The summed E-state index contributed by atoms with van der Waals surface area (Å²) >= 11 is 0. The van der Waals surface area contributed by atoms with Crippen molar-refractivity contribution in [3.8, 4) is 16.9 Å². The van der Waals surface area contributed by atoms with Crippen LogP contribution in [0.25, 0.3) is 11.1 Å². The highest BCUT2D eigenvalue weighted by Gasteiger charge is 2.41. The van der Waals surface area contributed by atoms with Crippen LogP contribution in [0.1, 0.15) is 122 Å². The summed E-state index contributed by atoms with van der Waals surface area (Å²) in [4.78, 5) is 101. The molecule has 0 N–H and O–H groups in total. The van der Waals surface area contributed by atoms with Gasteiger partial charge in [0.25, 0.3) is 0 Å². The first kappa shape index (κ1) is 57.1. The van der Waals surface area contributed by atoms with E-state index in [0.717, 1.165) is 59.3 Å². The summed E-state index contributed by atoms with van der Waals surface area (Å²) < 4.78 is 54.0. The number of methoxy groups -OCH3 is 2. The summed E-state index contributed by atoms with van der Waals surface area (Å²) in [6.45, 7) is 11.8. The summed E-state index contributed by atoms with van der Waals surface area (Å²) in [5, 5.41) is 0.